The van der Waals surface area contributed by atoms with Crippen molar-refractivity contribution >= 4 is 41.3 Å². The Hall–Kier alpha value is -3.98. The molecule has 0 spiro atoms. The van der Waals surface area contributed by atoms with Gasteiger partial charge >= 0.3 is 6.03 Å². The van der Waals surface area contributed by atoms with E-state index in [9.17, 15) is 24.0 Å². The van der Waals surface area contributed by atoms with E-state index in [1.807, 2.05) is 40.9 Å². The van der Waals surface area contributed by atoms with Crippen molar-refractivity contribution in [2.24, 2.45) is 5.73 Å². The number of thioether (sulfide) groups is 1. The first-order chi connectivity index (χ1) is 54.3. The molecule has 3 heterocycles. The first-order valence-electron chi connectivity index (χ1n) is 39.5. The van der Waals surface area contributed by atoms with Crippen LogP contribution < -0.4 is 32.3 Å². The van der Waals surface area contributed by atoms with E-state index >= 15 is 0 Å². The Kier molecular flexibility index (Phi) is 71.9. The van der Waals surface area contributed by atoms with E-state index in [-0.39, 0.29) is 48.0 Å². The first-order valence-corrected chi connectivity index (χ1v) is 40.5. The van der Waals surface area contributed by atoms with E-state index in [4.69, 9.17) is 115 Å². The predicted molar refractivity (Wildman–Crippen MR) is 407 cm³/mol. The molecule has 1 aromatic heterocycles. The summed E-state index contributed by atoms with van der Waals surface area (Å²) in [5.41, 5.74) is 5.92. The van der Waals surface area contributed by atoms with Crippen molar-refractivity contribution in [2.75, 3.05) is 329 Å². The highest BCUT2D eigenvalue weighted by Crippen LogP contribution is 2.33. The number of Topliss-reactive ketones (excluding diaryl/α,β-unsaturated/α-hetero) is 1. The summed E-state index contributed by atoms with van der Waals surface area (Å²) in [5, 5.41) is 15.0. The molecule has 7 N–H and O–H groups in total. The second kappa shape index (κ2) is 78.9. The lowest BCUT2D eigenvalue weighted by molar-refractivity contribution is -0.123. The lowest BCUT2D eigenvalue weighted by atomic mass is 10.0. The van der Waals surface area contributed by atoms with Gasteiger partial charge in [0.1, 0.15) is 11.8 Å². The van der Waals surface area contributed by atoms with Crippen molar-refractivity contribution in [1.82, 2.24) is 31.2 Å². The van der Waals surface area contributed by atoms with Gasteiger partial charge in [-0.1, -0.05) is 6.42 Å². The second-order valence-electron chi connectivity index (χ2n) is 24.8. The maximum Gasteiger partial charge on any atom is 0.315 e. The van der Waals surface area contributed by atoms with Crippen LogP contribution in [-0.2, 0) is 135 Å². The van der Waals surface area contributed by atoms with Crippen LogP contribution in [0.3, 0.4) is 0 Å². The van der Waals surface area contributed by atoms with Gasteiger partial charge in [-0.15, -0.1) is 0 Å². The summed E-state index contributed by atoms with van der Waals surface area (Å²) >= 11 is 1.90. The van der Waals surface area contributed by atoms with Crippen LogP contribution in [0.15, 0.2) is 24.5 Å². The molecule has 110 heavy (non-hydrogen) atoms. The van der Waals surface area contributed by atoms with E-state index in [0.29, 0.717) is 367 Å². The second-order valence-corrected chi connectivity index (χ2v) is 26.1. The number of nitrogens with one attached hydrogen (secondary N) is 5. The summed E-state index contributed by atoms with van der Waals surface area (Å²) < 4.78 is 129. The third-order valence-electron chi connectivity index (χ3n) is 15.8. The Balaban J connectivity index is 0.848. The third kappa shape index (κ3) is 66.3. The van der Waals surface area contributed by atoms with Gasteiger partial charge in [-0.05, 0) is 44.2 Å². The maximum absolute atomic E-state index is 12.2. The number of amides is 5. The Labute approximate surface area is 656 Å². The number of unbranched alkanes of at least 4 members (excludes halogenated alkanes) is 1. The van der Waals surface area contributed by atoms with Crippen LogP contribution in [-0.4, -0.2) is 387 Å². The Morgan fingerprint density at radius 2 is 0.664 bits per heavy atom. The number of aromatic nitrogens is 1. The van der Waals surface area contributed by atoms with E-state index in [1.54, 1.807) is 0 Å². The van der Waals surface area contributed by atoms with Gasteiger partial charge in [0.25, 0.3) is 0 Å². The topological polar surface area (TPSA) is 389 Å². The molecule has 2 aliphatic rings. The zero-order valence-electron chi connectivity index (χ0n) is 65.6. The predicted octanol–water partition coefficient (Wildman–Crippen LogP) is 1.18. The number of carbonyl (C=O) groups is 5. The largest absolute Gasteiger partial charge is 0.379 e. The molecule has 5 amide bonds. The highest BCUT2D eigenvalue weighted by molar-refractivity contribution is 8.00. The molecular weight excluding hydrogens is 1470 g/mol. The molecule has 1 aromatic rings. The molecule has 0 radical (unpaired) electrons. The summed E-state index contributed by atoms with van der Waals surface area (Å²) in [4.78, 5) is 60.0. The van der Waals surface area contributed by atoms with Crippen LogP contribution in [0.2, 0.25) is 0 Å². The minimum Gasteiger partial charge on any atom is -0.379 e. The molecule has 0 aliphatic carbocycles. The number of nitrogens with two attached hydrogens (primary N) is 1. The zero-order chi connectivity index (χ0) is 78.2. The molecule has 36 heteroatoms. The molecule has 2 fully saturated rings. The van der Waals surface area contributed by atoms with Gasteiger partial charge in [0.05, 0.1) is 296 Å². The SMILES string of the molecule is NC(Cn1cccc1)C(=O)NCCOCCOCCOCCOCCOCCOCCOCCOCCOCCOCCC(=O)CCCOCCOCCOCCOCCOCCOCCOCCOCCOCCOCCC(=O)NCCCOCCOCCOCCCNC(=O)CCCCC1SCC2NC(=O)NC21. The van der Waals surface area contributed by atoms with Gasteiger partial charge in [-0.25, -0.2) is 4.79 Å². The van der Waals surface area contributed by atoms with Gasteiger partial charge in [0, 0.05) is 95.1 Å². The van der Waals surface area contributed by atoms with Crippen molar-refractivity contribution in [3.05, 3.63) is 24.5 Å². The molecule has 4 atom stereocenters. The number of nitrogens with zero attached hydrogens (tertiary/aromatic N) is 1. The number of ether oxygens (including phenoxy) is 23. The van der Waals surface area contributed by atoms with Gasteiger partial charge in [-0.2, -0.15) is 11.8 Å². The molecule has 0 bridgehead atoms. The Bertz CT molecular complexity index is 2220. The van der Waals surface area contributed by atoms with Crippen molar-refractivity contribution in [3.63, 3.8) is 0 Å². The maximum atomic E-state index is 12.2. The number of hydrogen-bond donors (Lipinski definition) is 6. The highest BCUT2D eigenvalue weighted by atomic mass is 32.2. The fourth-order valence-corrected chi connectivity index (χ4v) is 11.5. The number of ketones is 1. The molecule has 0 saturated carbocycles. The van der Waals surface area contributed by atoms with Gasteiger partial charge in [0.2, 0.25) is 17.7 Å². The third-order valence-corrected chi connectivity index (χ3v) is 17.3. The number of carbonyl (C=O) groups excluding carboxylic acids is 5. The molecular formula is C74H137N7O28S. The van der Waals surface area contributed by atoms with Gasteiger partial charge in [0.15, 0.2) is 0 Å². The summed E-state index contributed by atoms with van der Waals surface area (Å²) in [6.07, 6.45) is 10.2. The van der Waals surface area contributed by atoms with Gasteiger partial charge < -0.3 is 146 Å². The Morgan fingerprint density at radius 1 is 0.355 bits per heavy atom. The smallest absolute Gasteiger partial charge is 0.315 e. The molecule has 642 valence electrons. The van der Waals surface area contributed by atoms with E-state index < -0.39 is 6.04 Å². The van der Waals surface area contributed by atoms with Crippen molar-refractivity contribution in [3.8, 4) is 0 Å². The normalized spacial score (nSPS) is 15.0. The summed E-state index contributed by atoms with van der Waals surface area (Å²) in [6.45, 7) is 22.5. The van der Waals surface area contributed by atoms with Crippen molar-refractivity contribution in [1.29, 1.82) is 0 Å². The Morgan fingerprint density at radius 3 is 1.03 bits per heavy atom. The fourth-order valence-electron chi connectivity index (χ4n) is 9.99. The van der Waals surface area contributed by atoms with Crippen LogP contribution in [0.4, 0.5) is 4.79 Å². The van der Waals surface area contributed by atoms with Crippen LogP contribution >= 0.6 is 11.8 Å². The lowest BCUT2D eigenvalue weighted by Gasteiger charge is -2.16. The van der Waals surface area contributed by atoms with Crippen LogP contribution in [0.1, 0.15) is 64.2 Å². The molecule has 2 saturated heterocycles. The molecule has 0 aromatic carbocycles. The van der Waals surface area contributed by atoms with E-state index in [1.165, 1.54) is 0 Å². The number of hydrogen-bond acceptors (Lipinski definition) is 30. The quantitative estimate of drug-likeness (QED) is 0.0394. The summed E-state index contributed by atoms with van der Waals surface area (Å²) in [6, 6.07) is 3.54. The fraction of sp³-hybridized carbons (Fsp3) is 0.878. The average Bonchev–Trinajstić information content (AvgIpc) is 1.67. The van der Waals surface area contributed by atoms with E-state index in [2.05, 4.69) is 26.6 Å². The summed E-state index contributed by atoms with van der Waals surface area (Å²) in [5.74, 6) is 0.868. The van der Waals surface area contributed by atoms with Crippen molar-refractivity contribution in [2.45, 2.75) is 94.1 Å². The monoisotopic (exact) mass is 1600 g/mol. The zero-order valence-corrected chi connectivity index (χ0v) is 66.4. The standard InChI is InChI=1S/C74H137N7O28S/c75-67(64-81-16-3-4-17-81)73(85)78-15-23-92-29-35-97-39-43-101-47-51-105-55-59-109-63-62-107-57-53-103-49-45-99-41-37-95-33-27-90-21-11-66(82)8-5-18-87-24-30-94-36-40-98-44-48-102-52-56-106-60-61-108-58-54-104-50-46-100-42-38-96-34-28-91-22-12-71(84)77-14-7-20-89-26-32-93-31-25-88-19-6-13-76-70(83)10-2-1-9-69-72-68(65-110-69)79-74(86)80-72/h3-4,16-17,67-69,72H,1-2,5-15,18-65,75H2,(H,76,83)(H,77,84)(H,78,85)(H2,79,80,86). The molecule has 2 aliphatic heterocycles. The van der Waals surface area contributed by atoms with Crippen molar-refractivity contribution < 1.29 is 133 Å². The van der Waals surface area contributed by atoms with E-state index in [0.717, 1.165) is 31.4 Å². The van der Waals surface area contributed by atoms with Gasteiger partial charge in [-0.3, -0.25) is 19.2 Å². The first kappa shape index (κ1) is 100. The lowest BCUT2D eigenvalue weighted by Crippen LogP contribution is -2.44. The number of fused-ring (bicyclic) bond motifs is 1. The minimum atomic E-state index is -0.614. The highest BCUT2D eigenvalue weighted by Gasteiger charge is 2.42. The van der Waals surface area contributed by atoms with Crippen LogP contribution in [0.25, 0.3) is 0 Å². The molecule has 35 nitrogen and oxygen atoms in total. The average molecular weight is 1600 g/mol. The van der Waals surface area contributed by atoms with Crippen LogP contribution in [0, 0.1) is 0 Å². The molecule has 4 unspecified atom stereocenters. The minimum absolute atomic E-state index is 0.0647. The van der Waals surface area contributed by atoms with Crippen LogP contribution in [0.5, 0.6) is 0 Å². The summed E-state index contributed by atoms with van der Waals surface area (Å²) in [7, 11) is 0. The number of urea groups is 1. The number of rotatable bonds is 89. The molecule has 3 rings (SSSR count).